The molecule has 0 aliphatic heterocycles. The van der Waals surface area contributed by atoms with E-state index in [0.717, 1.165) is 6.07 Å². The standard InChI is InChI=1S/C7H5BFIO3/c9-5-2-1-4(3-11)7(10)6(5)8(12)13/h1-3,12-13H. The summed E-state index contributed by atoms with van der Waals surface area (Å²) in [6.45, 7) is 0. The number of carbonyl (C=O) groups is 1. The van der Waals surface area contributed by atoms with Gasteiger partial charge in [0.25, 0.3) is 0 Å². The molecule has 2 N–H and O–H groups in total. The van der Waals surface area contributed by atoms with Crippen LogP contribution in [0, 0.1) is 9.39 Å². The quantitative estimate of drug-likeness (QED) is 0.456. The maximum absolute atomic E-state index is 13.0. The van der Waals surface area contributed by atoms with Crippen molar-refractivity contribution in [3.63, 3.8) is 0 Å². The lowest BCUT2D eigenvalue weighted by molar-refractivity contribution is 0.112. The van der Waals surface area contributed by atoms with E-state index in [-0.39, 0.29) is 14.6 Å². The van der Waals surface area contributed by atoms with Crippen molar-refractivity contribution < 1.29 is 19.2 Å². The molecule has 0 saturated heterocycles. The molecular formula is C7H5BFIO3. The molecule has 3 nitrogen and oxygen atoms in total. The monoisotopic (exact) mass is 294 g/mol. The van der Waals surface area contributed by atoms with Crippen LogP contribution in [0.25, 0.3) is 0 Å². The van der Waals surface area contributed by atoms with Crippen molar-refractivity contribution in [1.82, 2.24) is 0 Å². The molecule has 0 radical (unpaired) electrons. The Kier molecular flexibility index (Phi) is 3.40. The predicted molar refractivity (Wildman–Crippen MR) is 54.3 cm³/mol. The molecule has 0 aliphatic rings. The Morgan fingerprint density at radius 2 is 2.08 bits per heavy atom. The van der Waals surface area contributed by atoms with E-state index in [9.17, 15) is 9.18 Å². The van der Waals surface area contributed by atoms with Crippen molar-refractivity contribution in [2.24, 2.45) is 0 Å². The van der Waals surface area contributed by atoms with Crippen LogP contribution in [0.4, 0.5) is 4.39 Å². The summed E-state index contributed by atoms with van der Waals surface area (Å²) in [6.07, 6.45) is 0.535. The average Bonchev–Trinajstić information content (AvgIpc) is 2.04. The van der Waals surface area contributed by atoms with E-state index in [4.69, 9.17) is 10.0 Å². The van der Waals surface area contributed by atoms with Gasteiger partial charge in [-0.3, -0.25) is 4.79 Å². The lowest BCUT2D eigenvalue weighted by atomic mass is 9.79. The molecular weight excluding hydrogens is 289 g/mol. The van der Waals surface area contributed by atoms with Gasteiger partial charge in [-0.1, -0.05) is 0 Å². The van der Waals surface area contributed by atoms with Crippen molar-refractivity contribution in [1.29, 1.82) is 0 Å². The van der Waals surface area contributed by atoms with E-state index in [1.54, 1.807) is 22.6 Å². The molecule has 0 spiro atoms. The summed E-state index contributed by atoms with van der Waals surface area (Å²) in [5.41, 5.74) is -0.0182. The van der Waals surface area contributed by atoms with Crippen LogP contribution in [0.15, 0.2) is 12.1 Å². The first-order valence-electron chi connectivity index (χ1n) is 3.37. The van der Waals surface area contributed by atoms with Gasteiger partial charge in [0.1, 0.15) is 5.82 Å². The molecule has 6 heteroatoms. The molecule has 0 atom stereocenters. The zero-order valence-electron chi connectivity index (χ0n) is 6.37. The fourth-order valence-corrected chi connectivity index (χ4v) is 1.76. The Bertz CT molecular complexity index is 343. The van der Waals surface area contributed by atoms with Crippen LogP contribution >= 0.6 is 22.6 Å². The number of rotatable bonds is 2. The zero-order valence-corrected chi connectivity index (χ0v) is 8.53. The van der Waals surface area contributed by atoms with E-state index >= 15 is 0 Å². The fraction of sp³-hybridized carbons (Fsp3) is 0. The van der Waals surface area contributed by atoms with Gasteiger partial charge in [-0.25, -0.2) is 4.39 Å². The second kappa shape index (κ2) is 4.16. The van der Waals surface area contributed by atoms with Gasteiger partial charge in [-0.05, 0) is 34.7 Å². The minimum atomic E-state index is -1.90. The van der Waals surface area contributed by atoms with Crippen LogP contribution in [0.3, 0.4) is 0 Å². The summed E-state index contributed by atoms with van der Waals surface area (Å²) in [5, 5.41) is 17.6. The highest BCUT2D eigenvalue weighted by molar-refractivity contribution is 14.1. The van der Waals surface area contributed by atoms with Crippen molar-refractivity contribution >= 4 is 41.5 Å². The first-order valence-corrected chi connectivity index (χ1v) is 4.45. The van der Waals surface area contributed by atoms with Gasteiger partial charge in [0.05, 0.1) is 0 Å². The van der Waals surface area contributed by atoms with Gasteiger partial charge in [0.2, 0.25) is 0 Å². The third kappa shape index (κ3) is 2.07. The summed E-state index contributed by atoms with van der Waals surface area (Å²) in [6, 6.07) is 2.32. The second-order valence-electron chi connectivity index (χ2n) is 2.36. The highest BCUT2D eigenvalue weighted by atomic mass is 127. The molecule has 0 saturated carbocycles. The predicted octanol–water partition coefficient (Wildman–Crippen LogP) is -0.0774. The summed E-state index contributed by atoms with van der Waals surface area (Å²) in [4.78, 5) is 10.4. The van der Waals surface area contributed by atoms with Crippen molar-refractivity contribution in [2.75, 3.05) is 0 Å². The number of hydrogen-bond donors (Lipinski definition) is 2. The second-order valence-corrected chi connectivity index (χ2v) is 3.43. The number of benzene rings is 1. The molecule has 68 valence electrons. The molecule has 13 heavy (non-hydrogen) atoms. The van der Waals surface area contributed by atoms with Gasteiger partial charge in [-0.2, -0.15) is 0 Å². The number of hydrogen-bond acceptors (Lipinski definition) is 3. The van der Waals surface area contributed by atoms with Gasteiger partial charge in [0, 0.05) is 14.6 Å². The van der Waals surface area contributed by atoms with Crippen LogP contribution in [0.2, 0.25) is 0 Å². The van der Waals surface area contributed by atoms with Crippen molar-refractivity contribution in [3.8, 4) is 0 Å². The molecule has 0 bridgehead atoms. The first kappa shape index (κ1) is 10.6. The molecule has 1 aromatic rings. The molecule has 0 aromatic heterocycles. The third-order valence-corrected chi connectivity index (χ3v) is 2.75. The molecule has 1 aromatic carbocycles. The minimum Gasteiger partial charge on any atom is -0.423 e. The Hall–Kier alpha value is -0.465. The number of halogens is 2. The molecule has 0 heterocycles. The molecule has 0 fully saturated rings. The Labute approximate surface area is 87.9 Å². The number of aldehydes is 1. The van der Waals surface area contributed by atoms with Crippen LogP contribution in [0.5, 0.6) is 0 Å². The Morgan fingerprint density at radius 3 is 2.54 bits per heavy atom. The van der Waals surface area contributed by atoms with E-state index in [1.165, 1.54) is 6.07 Å². The lowest BCUT2D eigenvalue weighted by Crippen LogP contribution is -2.36. The van der Waals surface area contributed by atoms with E-state index < -0.39 is 12.9 Å². The topological polar surface area (TPSA) is 57.5 Å². The highest BCUT2D eigenvalue weighted by Crippen LogP contribution is 2.10. The molecule has 1 rings (SSSR count). The molecule has 0 aliphatic carbocycles. The summed E-state index contributed by atoms with van der Waals surface area (Å²) in [7, 11) is -1.90. The van der Waals surface area contributed by atoms with Gasteiger partial charge in [0.15, 0.2) is 6.29 Å². The van der Waals surface area contributed by atoms with Crippen LogP contribution in [-0.2, 0) is 0 Å². The van der Waals surface area contributed by atoms with E-state index in [1.807, 2.05) is 0 Å². The zero-order chi connectivity index (χ0) is 10.0. The maximum atomic E-state index is 13.0. The third-order valence-electron chi connectivity index (χ3n) is 1.54. The van der Waals surface area contributed by atoms with E-state index in [0.29, 0.717) is 6.29 Å². The largest absolute Gasteiger partial charge is 0.492 e. The van der Waals surface area contributed by atoms with Gasteiger partial charge < -0.3 is 10.0 Å². The summed E-state index contributed by atoms with van der Waals surface area (Å²) >= 11 is 1.69. The normalized spacial score (nSPS) is 9.85. The Balaban J connectivity index is 3.38. The summed E-state index contributed by atoms with van der Waals surface area (Å²) < 4.78 is 13.2. The first-order chi connectivity index (χ1) is 6.07. The number of carbonyl (C=O) groups excluding carboxylic acids is 1. The van der Waals surface area contributed by atoms with Crippen LogP contribution in [0.1, 0.15) is 10.4 Å². The SMILES string of the molecule is O=Cc1ccc(F)c(B(O)O)c1I. The highest BCUT2D eigenvalue weighted by Gasteiger charge is 2.21. The van der Waals surface area contributed by atoms with Crippen molar-refractivity contribution in [2.45, 2.75) is 0 Å². The van der Waals surface area contributed by atoms with E-state index in [2.05, 4.69) is 0 Å². The molecule has 0 amide bonds. The lowest BCUT2D eigenvalue weighted by Gasteiger charge is -2.06. The maximum Gasteiger partial charge on any atom is 0.492 e. The average molecular weight is 294 g/mol. The van der Waals surface area contributed by atoms with Crippen molar-refractivity contribution in [3.05, 3.63) is 27.1 Å². The van der Waals surface area contributed by atoms with Crippen LogP contribution < -0.4 is 5.46 Å². The van der Waals surface area contributed by atoms with Gasteiger partial charge in [-0.15, -0.1) is 0 Å². The smallest absolute Gasteiger partial charge is 0.423 e. The summed E-state index contributed by atoms with van der Waals surface area (Å²) in [5.74, 6) is -0.731. The van der Waals surface area contributed by atoms with Crippen LogP contribution in [-0.4, -0.2) is 23.5 Å². The Morgan fingerprint density at radius 1 is 1.46 bits per heavy atom. The fourth-order valence-electron chi connectivity index (χ4n) is 0.914. The minimum absolute atomic E-state index is 0.225. The van der Waals surface area contributed by atoms with Gasteiger partial charge >= 0.3 is 7.12 Å². The molecule has 0 unspecified atom stereocenters.